The van der Waals surface area contributed by atoms with Crippen LogP contribution in [0.1, 0.15) is 15.9 Å². The molecule has 1 aromatic carbocycles. The number of hydrogen-bond donors (Lipinski definition) is 0. The van der Waals surface area contributed by atoms with Gasteiger partial charge in [-0.05, 0) is 36.8 Å². The lowest BCUT2D eigenvalue weighted by Crippen LogP contribution is -1.91. The van der Waals surface area contributed by atoms with Gasteiger partial charge in [0.15, 0.2) is 6.29 Å². The van der Waals surface area contributed by atoms with Crippen LogP contribution in [0.5, 0.6) is 0 Å². The van der Waals surface area contributed by atoms with Crippen molar-refractivity contribution in [2.24, 2.45) is 0 Å². The van der Waals surface area contributed by atoms with Crippen molar-refractivity contribution in [3.63, 3.8) is 0 Å². The predicted molar refractivity (Wildman–Crippen MR) is 70.7 cm³/mol. The lowest BCUT2D eigenvalue weighted by molar-refractivity contribution is 0.112. The molecular weight excluding hydrogens is 243 g/mol. The first-order valence-electron chi connectivity index (χ1n) is 5.87. The largest absolute Gasteiger partial charge is 0.320 e. The van der Waals surface area contributed by atoms with E-state index in [1.165, 1.54) is 6.07 Å². The fourth-order valence-electron chi connectivity index (χ4n) is 2.14. The van der Waals surface area contributed by atoms with Gasteiger partial charge < -0.3 is 4.40 Å². The van der Waals surface area contributed by atoms with Gasteiger partial charge in [-0.15, -0.1) is 0 Å². The Hall–Kier alpha value is -2.49. The number of benzene rings is 1. The Kier molecular flexibility index (Phi) is 2.63. The standard InChI is InChI=1S/C15H11FN2O/c1-10-6-12(2-3-13(10)16)15-14-7-11(9-19)8-18(14)5-4-17-15/h2-9H,1H3. The molecule has 0 fully saturated rings. The number of nitrogens with zero attached hydrogens (tertiary/aromatic N) is 2. The van der Waals surface area contributed by atoms with E-state index in [9.17, 15) is 9.18 Å². The molecule has 0 atom stereocenters. The Bertz CT molecular complexity index is 777. The van der Waals surface area contributed by atoms with Crippen molar-refractivity contribution in [3.05, 3.63) is 59.8 Å². The number of aryl methyl sites for hydroxylation is 1. The number of aromatic nitrogens is 2. The number of rotatable bonds is 2. The van der Waals surface area contributed by atoms with Crippen LogP contribution in [0, 0.1) is 12.7 Å². The smallest absolute Gasteiger partial charge is 0.151 e. The Balaban J connectivity index is 2.26. The van der Waals surface area contributed by atoms with Crippen LogP contribution in [0.15, 0.2) is 42.9 Å². The zero-order chi connectivity index (χ0) is 13.4. The summed E-state index contributed by atoms with van der Waals surface area (Å²) in [6.45, 7) is 1.72. The first-order valence-corrected chi connectivity index (χ1v) is 5.87. The number of carbonyl (C=O) groups excluding carboxylic acids is 1. The molecule has 0 aliphatic heterocycles. The Morgan fingerprint density at radius 3 is 2.89 bits per heavy atom. The lowest BCUT2D eigenvalue weighted by Gasteiger charge is -2.05. The fraction of sp³-hybridized carbons (Fsp3) is 0.0667. The van der Waals surface area contributed by atoms with Gasteiger partial charge in [0.05, 0.1) is 11.2 Å². The van der Waals surface area contributed by atoms with Gasteiger partial charge >= 0.3 is 0 Å². The van der Waals surface area contributed by atoms with Crippen molar-refractivity contribution < 1.29 is 9.18 Å². The minimum atomic E-state index is -0.236. The maximum Gasteiger partial charge on any atom is 0.151 e. The molecule has 2 aromatic heterocycles. The van der Waals surface area contributed by atoms with E-state index in [4.69, 9.17) is 0 Å². The minimum absolute atomic E-state index is 0.236. The van der Waals surface area contributed by atoms with Gasteiger partial charge in [-0.1, -0.05) is 0 Å². The highest BCUT2D eigenvalue weighted by Crippen LogP contribution is 2.25. The normalized spacial score (nSPS) is 10.8. The van der Waals surface area contributed by atoms with Gasteiger partial charge in [0.2, 0.25) is 0 Å². The summed E-state index contributed by atoms with van der Waals surface area (Å²) in [4.78, 5) is 15.2. The molecule has 3 rings (SSSR count). The van der Waals surface area contributed by atoms with Crippen molar-refractivity contribution >= 4 is 11.8 Å². The van der Waals surface area contributed by atoms with Crippen LogP contribution in [0.25, 0.3) is 16.8 Å². The Labute approximate surface area is 109 Å². The maximum atomic E-state index is 13.3. The highest BCUT2D eigenvalue weighted by molar-refractivity contribution is 5.84. The summed E-state index contributed by atoms with van der Waals surface area (Å²) in [6.07, 6.45) is 5.98. The van der Waals surface area contributed by atoms with Crippen LogP contribution in [-0.4, -0.2) is 15.7 Å². The van der Waals surface area contributed by atoms with Crippen LogP contribution in [0.3, 0.4) is 0 Å². The summed E-state index contributed by atoms with van der Waals surface area (Å²) in [5.41, 5.74) is 3.56. The molecule has 4 heteroatoms. The molecule has 0 unspecified atom stereocenters. The molecule has 94 valence electrons. The van der Waals surface area contributed by atoms with Crippen molar-refractivity contribution in [2.45, 2.75) is 6.92 Å². The van der Waals surface area contributed by atoms with E-state index in [1.807, 2.05) is 4.40 Å². The van der Waals surface area contributed by atoms with Crippen molar-refractivity contribution in [1.82, 2.24) is 9.38 Å². The van der Waals surface area contributed by atoms with Crippen molar-refractivity contribution in [1.29, 1.82) is 0 Å². The summed E-state index contributed by atoms with van der Waals surface area (Å²) in [5.74, 6) is -0.236. The molecule has 0 aliphatic carbocycles. The fourth-order valence-corrected chi connectivity index (χ4v) is 2.14. The predicted octanol–water partition coefficient (Wildman–Crippen LogP) is 3.26. The SMILES string of the molecule is Cc1cc(-c2nccn3cc(C=O)cc23)ccc1F. The zero-order valence-corrected chi connectivity index (χ0v) is 10.3. The number of hydrogen-bond acceptors (Lipinski definition) is 2. The van der Waals surface area contributed by atoms with Crippen LogP contribution >= 0.6 is 0 Å². The Morgan fingerprint density at radius 1 is 1.32 bits per heavy atom. The molecule has 3 aromatic rings. The van der Waals surface area contributed by atoms with E-state index in [-0.39, 0.29) is 5.82 Å². The molecule has 19 heavy (non-hydrogen) atoms. The first kappa shape index (κ1) is 11.6. The van der Waals surface area contributed by atoms with Gasteiger partial charge in [0, 0.05) is 29.7 Å². The monoisotopic (exact) mass is 254 g/mol. The Morgan fingerprint density at radius 2 is 2.16 bits per heavy atom. The van der Waals surface area contributed by atoms with E-state index in [1.54, 1.807) is 43.7 Å². The first-order chi connectivity index (χ1) is 9.19. The molecule has 0 aliphatic rings. The van der Waals surface area contributed by atoms with Crippen LogP contribution in [0.4, 0.5) is 4.39 Å². The summed E-state index contributed by atoms with van der Waals surface area (Å²) in [7, 11) is 0. The minimum Gasteiger partial charge on any atom is -0.320 e. The van der Waals surface area contributed by atoms with Crippen molar-refractivity contribution in [2.75, 3.05) is 0 Å². The highest BCUT2D eigenvalue weighted by atomic mass is 19.1. The highest BCUT2D eigenvalue weighted by Gasteiger charge is 2.09. The second-order valence-electron chi connectivity index (χ2n) is 4.42. The molecule has 0 N–H and O–H groups in total. The van der Waals surface area contributed by atoms with Crippen molar-refractivity contribution in [3.8, 4) is 11.3 Å². The summed E-state index contributed by atoms with van der Waals surface area (Å²) < 4.78 is 15.2. The quantitative estimate of drug-likeness (QED) is 0.658. The van der Waals surface area contributed by atoms with E-state index in [0.29, 0.717) is 11.1 Å². The molecule has 0 bridgehead atoms. The third-order valence-corrected chi connectivity index (χ3v) is 3.11. The molecule has 0 saturated heterocycles. The van der Waals surface area contributed by atoms with E-state index < -0.39 is 0 Å². The van der Waals surface area contributed by atoms with Gasteiger partial charge in [0.25, 0.3) is 0 Å². The number of fused-ring (bicyclic) bond motifs is 1. The molecule has 0 amide bonds. The summed E-state index contributed by atoms with van der Waals surface area (Å²) >= 11 is 0. The van der Waals surface area contributed by atoms with Gasteiger partial charge in [-0.25, -0.2) is 4.39 Å². The molecule has 0 radical (unpaired) electrons. The van der Waals surface area contributed by atoms with Crippen LogP contribution in [0.2, 0.25) is 0 Å². The number of carbonyl (C=O) groups is 1. The van der Waals surface area contributed by atoms with Gasteiger partial charge in [-0.3, -0.25) is 9.78 Å². The van der Waals surface area contributed by atoms with Crippen LogP contribution < -0.4 is 0 Å². The summed E-state index contributed by atoms with van der Waals surface area (Å²) in [5, 5.41) is 0. The van der Waals surface area contributed by atoms with Gasteiger partial charge in [-0.2, -0.15) is 0 Å². The summed E-state index contributed by atoms with van der Waals surface area (Å²) in [6, 6.07) is 6.65. The zero-order valence-electron chi connectivity index (χ0n) is 10.3. The van der Waals surface area contributed by atoms with E-state index in [0.717, 1.165) is 23.1 Å². The molecular formula is C15H11FN2O. The van der Waals surface area contributed by atoms with Gasteiger partial charge in [0.1, 0.15) is 5.82 Å². The number of halogens is 1. The second-order valence-corrected chi connectivity index (χ2v) is 4.42. The van der Waals surface area contributed by atoms with E-state index >= 15 is 0 Å². The molecule has 2 heterocycles. The van der Waals surface area contributed by atoms with Crippen LogP contribution in [-0.2, 0) is 0 Å². The number of aldehydes is 1. The molecule has 0 spiro atoms. The average molecular weight is 254 g/mol. The van der Waals surface area contributed by atoms with E-state index in [2.05, 4.69) is 4.98 Å². The second kappa shape index (κ2) is 4.31. The maximum absolute atomic E-state index is 13.3. The third-order valence-electron chi connectivity index (χ3n) is 3.11. The topological polar surface area (TPSA) is 34.4 Å². The lowest BCUT2D eigenvalue weighted by atomic mass is 10.1. The molecule has 3 nitrogen and oxygen atoms in total. The molecule has 0 saturated carbocycles. The third kappa shape index (κ3) is 1.91. The average Bonchev–Trinajstić information content (AvgIpc) is 2.85.